The molecule has 0 N–H and O–H groups in total. The van der Waals surface area contributed by atoms with Gasteiger partial charge in [0.25, 0.3) is 0 Å². The summed E-state index contributed by atoms with van der Waals surface area (Å²) in [6.07, 6.45) is 1.42. The number of ketones is 1. The zero-order valence-electron chi connectivity index (χ0n) is 11.0. The van der Waals surface area contributed by atoms with E-state index in [-0.39, 0.29) is 22.2 Å². The van der Waals surface area contributed by atoms with Gasteiger partial charge < -0.3 is 9.47 Å². The standard InChI is InChI=1S/C12H13ClN4O3/c1-19-6-5-17-11(8(13)7-14-17)12(18)9-3-4-10(20-2)16-15-9/h3-4,7H,5-6H2,1-2H3. The smallest absolute Gasteiger partial charge is 0.233 e. The van der Waals surface area contributed by atoms with Crippen LogP contribution in [0, 0.1) is 0 Å². The van der Waals surface area contributed by atoms with Crippen LogP contribution in [0.3, 0.4) is 0 Å². The third-order valence-electron chi connectivity index (χ3n) is 2.60. The summed E-state index contributed by atoms with van der Waals surface area (Å²) in [4.78, 5) is 12.4. The maximum absolute atomic E-state index is 12.4. The molecular formula is C12H13ClN4O3. The number of methoxy groups -OCH3 is 2. The summed E-state index contributed by atoms with van der Waals surface area (Å²) in [5.74, 6) is -0.0145. The average Bonchev–Trinajstić information content (AvgIpc) is 2.85. The van der Waals surface area contributed by atoms with Crippen molar-refractivity contribution in [3.8, 4) is 5.88 Å². The van der Waals surface area contributed by atoms with Crippen LogP contribution >= 0.6 is 11.6 Å². The highest BCUT2D eigenvalue weighted by atomic mass is 35.5. The lowest BCUT2D eigenvalue weighted by atomic mass is 10.2. The minimum absolute atomic E-state index is 0.173. The molecular weight excluding hydrogens is 284 g/mol. The second-order valence-electron chi connectivity index (χ2n) is 3.85. The van der Waals surface area contributed by atoms with Gasteiger partial charge in [-0.05, 0) is 6.07 Å². The van der Waals surface area contributed by atoms with Crippen LogP contribution in [0.4, 0.5) is 0 Å². The van der Waals surface area contributed by atoms with Gasteiger partial charge in [-0.2, -0.15) is 5.10 Å². The van der Waals surface area contributed by atoms with Gasteiger partial charge in [-0.3, -0.25) is 9.48 Å². The van der Waals surface area contributed by atoms with E-state index in [9.17, 15) is 4.79 Å². The topological polar surface area (TPSA) is 79.1 Å². The van der Waals surface area contributed by atoms with E-state index < -0.39 is 0 Å². The predicted octanol–water partition coefficient (Wildman–Crippen LogP) is 1.21. The molecule has 2 aromatic heterocycles. The molecule has 0 saturated carbocycles. The van der Waals surface area contributed by atoms with Crippen molar-refractivity contribution in [3.05, 3.63) is 34.7 Å². The Balaban J connectivity index is 2.29. The molecule has 0 aliphatic rings. The molecule has 2 rings (SSSR count). The van der Waals surface area contributed by atoms with Gasteiger partial charge in [0.05, 0.1) is 31.5 Å². The number of aromatic nitrogens is 4. The lowest BCUT2D eigenvalue weighted by molar-refractivity contribution is 0.101. The van der Waals surface area contributed by atoms with Crippen LogP contribution in [0.15, 0.2) is 18.3 Å². The number of nitrogens with zero attached hydrogens (tertiary/aromatic N) is 4. The number of rotatable bonds is 6. The second kappa shape index (κ2) is 6.44. The molecule has 20 heavy (non-hydrogen) atoms. The third-order valence-corrected chi connectivity index (χ3v) is 2.88. The minimum Gasteiger partial charge on any atom is -0.480 e. The second-order valence-corrected chi connectivity index (χ2v) is 4.25. The summed E-state index contributed by atoms with van der Waals surface area (Å²) in [6, 6.07) is 3.09. The Labute approximate surface area is 120 Å². The van der Waals surface area contributed by atoms with Crippen molar-refractivity contribution in [1.82, 2.24) is 20.0 Å². The zero-order valence-corrected chi connectivity index (χ0v) is 11.8. The quantitative estimate of drug-likeness (QED) is 0.746. The maximum atomic E-state index is 12.4. The van der Waals surface area contributed by atoms with Crippen LogP contribution in [-0.4, -0.2) is 46.6 Å². The van der Waals surface area contributed by atoms with E-state index in [0.29, 0.717) is 19.0 Å². The van der Waals surface area contributed by atoms with Crippen LogP contribution < -0.4 is 4.74 Å². The Morgan fingerprint density at radius 3 is 2.75 bits per heavy atom. The van der Waals surface area contributed by atoms with Crippen LogP contribution in [0.1, 0.15) is 16.2 Å². The van der Waals surface area contributed by atoms with Crippen LogP contribution in [0.2, 0.25) is 5.02 Å². The summed E-state index contributed by atoms with van der Waals surface area (Å²) < 4.78 is 11.3. The molecule has 0 bridgehead atoms. The first kappa shape index (κ1) is 14.4. The molecule has 7 nitrogen and oxygen atoms in total. The molecule has 106 valence electrons. The fraction of sp³-hybridized carbons (Fsp3) is 0.333. The highest BCUT2D eigenvalue weighted by Crippen LogP contribution is 2.18. The van der Waals surface area contributed by atoms with Crippen molar-refractivity contribution in [2.75, 3.05) is 20.8 Å². The van der Waals surface area contributed by atoms with Crippen LogP contribution in [-0.2, 0) is 11.3 Å². The van der Waals surface area contributed by atoms with E-state index in [1.165, 1.54) is 24.1 Å². The van der Waals surface area contributed by atoms with Crippen LogP contribution in [0.5, 0.6) is 5.88 Å². The lowest BCUT2D eigenvalue weighted by Gasteiger charge is -2.06. The van der Waals surface area contributed by atoms with Gasteiger partial charge in [0.15, 0.2) is 0 Å². The molecule has 2 aromatic rings. The van der Waals surface area contributed by atoms with Crippen molar-refractivity contribution in [3.63, 3.8) is 0 Å². The SMILES string of the molecule is COCCn1ncc(Cl)c1C(=O)c1ccc(OC)nn1. The van der Waals surface area contributed by atoms with Crippen molar-refractivity contribution >= 4 is 17.4 Å². The number of hydrogen-bond acceptors (Lipinski definition) is 6. The molecule has 0 aliphatic heterocycles. The average molecular weight is 297 g/mol. The Morgan fingerprint density at radius 2 is 2.15 bits per heavy atom. The molecule has 0 amide bonds. The highest BCUT2D eigenvalue weighted by molar-refractivity contribution is 6.34. The Hall–Kier alpha value is -1.99. The third kappa shape index (κ3) is 2.94. The number of halogens is 1. The van der Waals surface area contributed by atoms with Gasteiger partial charge in [-0.15, -0.1) is 10.2 Å². The van der Waals surface area contributed by atoms with Crippen molar-refractivity contribution in [1.29, 1.82) is 0 Å². The number of hydrogen-bond donors (Lipinski definition) is 0. The van der Waals surface area contributed by atoms with E-state index in [1.54, 1.807) is 13.2 Å². The summed E-state index contributed by atoms with van der Waals surface area (Å²) in [6.45, 7) is 0.848. The first-order valence-corrected chi connectivity index (χ1v) is 6.17. The van der Waals surface area contributed by atoms with Gasteiger partial charge in [0, 0.05) is 13.2 Å². The van der Waals surface area contributed by atoms with Gasteiger partial charge in [-0.25, -0.2) is 0 Å². The molecule has 0 aliphatic carbocycles. The van der Waals surface area contributed by atoms with Gasteiger partial charge in [-0.1, -0.05) is 11.6 Å². The van der Waals surface area contributed by atoms with Gasteiger partial charge in [0.1, 0.15) is 11.4 Å². The predicted molar refractivity (Wildman–Crippen MR) is 71.1 cm³/mol. The van der Waals surface area contributed by atoms with E-state index in [4.69, 9.17) is 21.1 Å². The van der Waals surface area contributed by atoms with E-state index >= 15 is 0 Å². The zero-order chi connectivity index (χ0) is 14.5. The fourth-order valence-corrected chi connectivity index (χ4v) is 1.83. The molecule has 8 heteroatoms. The molecule has 2 heterocycles. The summed E-state index contributed by atoms with van der Waals surface area (Å²) in [5.41, 5.74) is 0.440. The summed E-state index contributed by atoms with van der Waals surface area (Å²) in [7, 11) is 3.05. The first-order valence-electron chi connectivity index (χ1n) is 5.80. The molecule has 0 radical (unpaired) electrons. The molecule has 0 saturated heterocycles. The Morgan fingerprint density at radius 1 is 1.35 bits per heavy atom. The van der Waals surface area contributed by atoms with Gasteiger partial charge >= 0.3 is 0 Å². The van der Waals surface area contributed by atoms with E-state index in [2.05, 4.69) is 15.3 Å². The summed E-state index contributed by atoms with van der Waals surface area (Å²) in [5, 5.41) is 11.9. The summed E-state index contributed by atoms with van der Waals surface area (Å²) >= 11 is 6.01. The number of ether oxygens (including phenoxy) is 2. The van der Waals surface area contributed by atoms with Crippen molar-refractivity contribution < 1.29 is 14.3 Å². The molecule has 0 fully saturated rings. The Kier molecular flexibility index (Phi) is 4.65. The van der Waals surface area contributed by atoms with Gasteiger partial charge in [0.2, 0.25) is 11.7 Å². The monoisotopic (exact) mass is 296 g/mol. The van der Waals surface area contributed by atoms with Crippen molar-refractivity contribution in [2.24, 2.45) is 0 Å². The first-order chi connectivity index (χ1) is 9.67. The van der Waals surface area contributed by atoms with Crippen LogP contribution in [0.25, 0.3) is 0 Å². The van der Waals surface area contributed by atoms with E-state index in [0.717, 1.165) is 0 Å². The minimum atomic E-state index is -0.348. The highest BCUT2D eigenvalue weighted by Gasteiger charge is 2.20. The number of carbonyl (C=O) groups excluding carboxylic acids is 1. The molecule has 0 atom stereocenters. The van der Waals surface area contributed by atoms with Crippen molar-refractivity contribution in [2.45, 2.75) is 6.54 Å². The molecule has 0 unspecified atom stereocenters. The normalized spacial score (nSPS) is 10.6. The fourth-order valence-electron chi connectivity index (χ4n) is 1.61. The molecule has 0 aromatic carbocycles. The largest absolute Gasteiger partial charge is 0.480 e. The van der Waals surface area contributed by atoms with E-state index in [1.807, 2.05) is 0 Å². The molecule has 0 spiro atoms. The number of carbonyl (C=O) groups is 1. The Bertz CT molecular complexity index is 597. The lowest BCUT2D eigenvalue weighted by Crippen LogP contribution is -2.16. The maximum Gasteiger partial charge on any atom is 0.233 e.